The van der Waals surface area contributed by atoms with E-state index in [1.807, 2.05) is 44.2 Å². The first kappa shape index (κ1) is 20.6. The average Bonchev–Trinajstić information content (AvgIpc) is 2.68. The van der Waals surface area contributed by atoms with E-state index in [2.05, 4.69) is 15.0 Å². The molecule has 144 valence electrons. The van der Waals surface area contributed by atoms with Crippen molar-refractivity contribution < 1.29 is 4.74 Å². The largest absolute Gasteiger partial charge is 0.487 e. The maximum absolute atomic E-state index is 6.38. The summed E-state index contributed by atoms with van der Waals surface area (Å²) in [4.78, 5) is 13.0. The lowest BCUT2D eigenvalue weighted by Crippen LogP contribution is -2.05. The number of para-hydroxylation sites is 1. The summed E-state index contributed by atoms with van der Waals surface area (Å²) in [6, 6.07) is 7.71. The number of rotatable bonds is 5. The molecule has 0 saturated heterocycles. The van der Waals surface area contributed by atoms with Gasteiger partial charge >= 0.3 is 0 Å². The summed E-state index contributed by atoms with van der Waals surface area (Å²) < 4.78 is 6.03. The first-order valence-electron chi connectivity index (χ1n) is 8.56. The fourth-order valence-corrected chi connectivity index (χ4v) is 3.54. The predicted molar refractivity (Wildman–Crippen MR) is 117 cm³/mol. The average molecular weight is 435 g/mol. The normalized spacial score (nSPS) is 12.5. The predicted octanol–water partition coefficient (Wildman–Crippen LogP) is 6.39. The van der Waals surface area contributed by atoms with Gasteiger partial charge in [-0.15, -0.1) is 0 Å². The first-order valence-corrected chi connectivity index (χ1v) is 9.70. The fourth-order valence-electron chi connectivity index (χ4n) is 2.88. The molecule has 7 heteroatoms. The van der Waals surface area contributed by atoms with E-state index < -0.39 is 0 Å². The van der Waals surface area contributed by atoms with Crippen molar-refractivity contribution in [3.05, 3.63) is 74.6 Å². The summed E-state index contributed by atoms with van der Waals surface area (Å²) in [5.41, 5.74) is 3.84. The van der Waals surface area contributed by atoms with Crippen molar-refractivity contribution in [1.82, 2.24) is 9.97 Å². The van der Waals surface area contributed by atoms with E-state index in [1.54, 1.807) is 19.4 Å². The van der Waals surface area contributed by atoms with Crippen LogP contribution in [0, 0.1) is 6.92 Å². The molecule has 3 aromatic rings. The van der Waals surface area contributed by atoms with Crippen LogP contribution in [0.5, 0.6) is 5.75 Å². The Morgan fingerprint density at radius 2 is 1.93 bits per heavy atom. The highest BCUT2D eigenvalue weighted by atomic mass is 35.5. The summed E-state index contributed by atoms with van der Waals surface area (Å²) >= 11 is 18.8. The number of aromatic nitrogens is 2. The van der Waals surface area contributed by atoms with Crippen LogP contribution in [0.25, 0.3) is 10.9 Å². The molecule has 0 spiro atoms. The molecule has 0 saturated carbocycles. The second-order valence-electron chi connectivity index (χ2n) is 6.04. The molecule has 3 rings (SSSR count). The van der Waals surface area contributed by atoms with Gasteiger partial charge in [-0.1, -0.05) is 53.0 Å². The van der Waals surface area contributed by atoms with Crippen molar-refractivity contribution in [1.29, 1.82) is 0 Å². The molecule has 0 amide bonds. The molecule has 0 atom stereocenters. The van der Waals surface area contributed by atoms with Crippen LogP contribution in [-0.4, -0.2) is 22.7 Å². The molecular weight excluding hydrogens is 417 g/mol. The van der Waals surface area contributed by atoms with Crippen LogP contribution in [0.2, 0.25) is 10.0 Å². The molecule has 4 nitrogen and oxygen atoms in total. The van der Waals surface area contributed by atoms with Gasteiger partial charge in [-0.2, -0.15) is 0 Å². The van der Waals surface area contributed by atoms with Crippen molar-refractivity contribution in [2.24, 2.45) is 4.99 Å². The quantitative estimate of drug-likeness (QED) is 0.437. The number of allylic oxidation sites excluding steroid dienone is 2. The summed E-state index contributed by atoms with van der Waals surface area (Å²) in [5.74, 6) is 0.624. The minimum Gasteiger partial charge on any atom is -0.487 e. The highest BCUT2D eigenvalue weighted by molar-refractivity contribution is 6.47. The van der Waals surface area contributed by atoms with Crippen molar-refractivity contribution in [3.8, 4) is 5.75 Å². The number of hydrogen-bond donors (Lipinski definition) is 0. The third kappa shape index (κ3) is 4.14. The van der Waals surface area contributed by atoms with Gasteiger partial charge in [-0.05, 0) is 26.0 Å². The van der Waals surface area contributed by atoms with E-state index in [4.69, 9.17) is 39.5 Å². The SMILES string of the molecule is C/C=C(Cl)\C(=N/C)c1cc(C)nc2c(OCc3c(Cl)cncc3Cl)cccc12. The molecule has 0 fully saturated rings. The van der Waals surface area contributed by atoms with Gasteiger partial charge in [-0.25, -0.2) is 4.98 Å². The lowest BCUT2D eigenvalue weighted by atomic mass is 10.0. The maximum Gasteiger partial charge on any atom is 0.146 e. The first-order chi connectivity index (χ1) is 13.5. The van der Waals surface area contributed by atoms with Crippen LogP contribution in [-0.2, 0) is 6.61 Å². The zero-order valence-corrected chi connectivity index (χ0v) is 17.9. The van der Waals surface area contributed by atoms with Crippen LogP contribution < -0.4 is 4.74 Å². The Morgan fingerprint density at radius 1 is 1.21 bits per heavy atom. The van der Waals surface area contributed by atoms with E-state index in [0.717, 1.165) is 22.2 Å². The highest BCUT2D eigenvalue weighted by Gasteiger charge is 2.16. The van der Waals surface area contributed by atoms with E-state index in [9.17, 15) is 0 Å². The van der Waals surface area contributed by atoms with Crippen LogP contribution >= 0.6 is 34.8 Å². The van der Waals surface area contributed by atoms with Crippen LogP contribution in [0.4, 0.5) is 0 Å². The molecule has 2 aromatic heterocycles. The van der Waals surface area contributed by atoms with Gasteiger partial charge in [0.15, 0.2) is 0 Å². The number of nitrogens with zero attached hydrogens (tertiary/aromatic N) is 3. The van der Waals surface area contributed by atoms with Gasteiger partial charge in [0.1, 0.15) is 17.9 Å². The van der Waals surface area contributed by atoms with Crippen molar-refractivity contribution in [3.63, 3.8) is 0 Å². The molecule has 28 heavy (non-hydrogen) atoms. The lowest BCUT2D eigenvalue weighted by molar-refractivity contribution is 0.309. The van der Waals surface area contributed by atoms with Crippen molar-refractivity contribution in [2.45, 2.75) is 20.5 Å². The molecule has 2 heterocycles. The van der Waals surface area contributed by atoms with Crippen molar-refractivity contribution in [2.75, 3.05) is 7.05 Å². The number of fused-ring (bicyclic) bond motifs is 1. The molecule has 0 aliphatic rings. The number of halogens is 3. The topological polar surface area (TPSA) is 47.4 Å². The van der Waals surface area contributed by atoms with E-state index in [0.29, 0.717) is 32.1 Å². The second-order valence-corrected chi connectivity index (χ2v) is 7.26. The number of hydrogen-bond acceptors (Lipinski definition) is 4. The Bertz CT molecular complexity index is 1070. The molecule has 0 N–H and O–H groups in total. The standard InChI is InChI=1S/C21H18Cl3N3O/c1-4-16(22)20(25-3)14-8-12(2)27-21-13(14)6-5-7-19(21)28-11-15-17(23)9-26-10-18(15)24/h4-10H,11H2,1-3H3/b16-4+,25-20-. The zero-order chi connectivity index (χ0) is 20.3. The van der Waals surface area contributed by atoms with Crippen molar-refractivity contribution >= 4 is 51.4 Å². The van der Waals surface area contributed by atoms with Gasteiger partial charge in [-0.3, -0.25) is 9.98 Å². The minimum atomic E-state index is 0.203. The second kappa shape index (κ2) is 8.91. The van der Waals surface area contributed by atoms with E-state index in [-0.39, 0.29) is 6.61 Å². The number of benzene rings is 1. The Labute approximate surface area is 178 Å². The summed E-state index contributed by atoms with van der Waals surface area (Å²) in [6.45, 7) is 4.00. The summed E-state index contributed by atoms with van der Waals surface area (Å²) in [5, 5.41) is 2.39. The maximum atomic E-state index is 6.38. The van der Waals surface area contributed by atoms with Crippen LogP contribution in [0.1, 0.15) is 23.7 Å². The lowest BCUT2D eigenvalue weighted by Gasteiger charge is -2.14. The monoisotopic (exact) mass is 433 g/mol. The zero-order valence-electron chi connectivity index (χ0n) is 15.6. The Kier molecular flexibility index (Phi) is 6.55. The fraction of sp³-hybridized carbons (Fsp3) is 0.190. The molecule has 0 unspecified atom stereocenters. The van der Waals surface area contributed by atoms with E-state index >= 15 is 0 Å². The Hall–Kier alpha value is -2.14. The number of aryl methyl sites for hydroxylation is 1. The number of aliphatic imine (C=N–C) groups is 1. The van der Waals surface area contributed by atoms with Crippen LogP contribution in [0.3, 0.4) is 0 Å². The van der Waals surface area contributed by atoms with Crippen LogP contribution in [0.15, 0.2) is 52.8 Å². The number of ether oxygens (including phenoxy) is 1. The molecule has 0 radical (unpaired) electrons. The molecule has 1 aromatic carbocycles. The third-order valence-corrected chi connectivity index (χ3v) is 5.26. The van der Waals surface area contributed by atoms with Gasteiger partial charge in [0.2, 0.25) is 0 Å². The van der Waals surface area contributed by atoms with Gasteiger partial charge in [0.25, 0.3) is 0 Å². The Morgan fingerprint density at radius 3 is 2.57 bits per heavy atom. The summed E-state index contributed by atoms with van der Waals surface area (Å²) in [6.07, 6.45) is 4.90. The molecule has 0 aliphatic heterocycles. The van der Waals surface area contributed by atoms with Gasteiger partial charge in [0, 0.05) is 41.6 Å². The molecular formula is C21H18Cl3N3O. The summed E-state index contributed by atoms with van der Waals surface area (Å²) in [7, 11) is 1.72. The Balaban J connectivity index is 2.08. The minimum absolute atomic E-state index is 0.203. The highest BCUT2D eigenvalue weighted by Crippen LogP contribution is 2.31. The number of pyridine rings is 2. The van der Waals surface area contributed by atoms with E-state index in [1.165, 1.54) is 0 Å². The van der Waals surface area contributed by atoms with Gasteiger partial charge in [0.05, 0.1) is 20.8 Å². The smallest absolute Gasteiger partial charge is 0.146 e. The third-order valence-electron chi connectivity index (χ3n) is 4.21. The molecule has 0 aliphatic carbocycles. The molecule has 0 bridgehead atoms. The van der Waals surface area contributed by atoms with Gasteiger partial charge < -0.3 is 4.74 Å².